The third-order valence-corrected chi connectivity index (χ3v) is 8.40. The van der Waals surface area contributed by atoms with Crippen molar-refractivity contribution in [3.8, 4) is 0 Å². The lowest BCUT2D eigenvalue weighted by molar-refractivity contribution is -0.163. The first-order valence-corrected chi connectivity index (χ1v) is 21.1. The minimum atomic E-state index is -0.564. The van der Waals surface area contributed by atoms with Crippen molar-refractivity contribution in [3.63, 3.8) is 0 Å². The van der Waals surface area contributed by atoms with Gasteiger partial charge in [0.2, 0.25) is 0 Å². The smallest absolute Gasteiger partial charge is 0.306 e. The van der Waals surface area contributed by atoms with Crippen molar-refractivity contribution < 1.29 is 23.8 Å². The first-order valence-electron chi connectivity index (χ1n) is 21.1. The average molecular weight is 723 g/mol. The monoisotopic (exact) mass is 723 g/mol. The van der Waals surface area contributed by atoms with E-state index in [0.29, 0.717) is 19.4 Å². The largest absolute Gasteiger partial charge is 0.462 e. The van der Waals surface area contributed by atoms with Gasteiger partial charge >= 0.3 is 11.9 Å². The Labute approximate surface area is 320 Å². The van der Waals surface area contributed by atoms with E-state index in [1.165, 1.54) is 44.9 Å². The van der Waals surface area contributed by atoms with E-state index in [0.717, 1.165) is 96.3 Å². The highest BCUT2D eigenvalue weighted by Gasteiger charge is 2.17. The summed E-state index contributed by atoms with van der Waals surface area (Å²) in [7, 11) is 0. The number of ether oxygens (including phenoxy) is 3. The van der Waals surface area contributed by atoms with Gasteiger partial charge in [-0.1, -0.05) is 164 Å². The Morgan fingerprint density at radius 2 is 0.923 bits per heavy atom. The molecule has 0 aliphatic carbocycles. The van der Waals surface area contributed by atoms with Crippen LogP contribution in [0.15, 0.2) is 85.1 Å². The molecule has 1 atom stereocenters. The van der Waals surface area contributed by atoms with Gasteiger partial charge in [0.05, 0.1) is 6.61 Å². The van der Waals surface area contributed by atoms with Crippen molar-refractivity contribution in [1.29, 1.82) is 0 Å². The summed E-state index contributed by atoms with van der Waals surface area (Å²) < 4.78 is 17.1. The standard InChI is InChI=1S/C47H78O5/c1-4-7-10-13-16-18-20-22-23-24-25-27-28-30-32-34-37-40-46(48)51-44-45(43-50-42-39-36-15-12-9-6-3)52-47(49)41-38-35-33-31-29-26-21-19-17-14-11-8-5-2/h7,10-11,14,16,18-19,21-23,25,27,30,32,45H,4-6,8-9,12-13,15,17,20,24,26,28-29,31,33-44H2,1-3H3/b10-7-,14-11-,18-16-,21-19-,23-22-,27-25-,32-30-. The van der Waals surface area contributed by atoms with E-state index < -0.39 is 6.10 Å². The molecule has 1 unspecified atom stereocenters. The molecule has 0 saturated heterocycles. The minimum absolute atomic E-state index is 0.0463. The maximum atomic E-state index is 12.6. The molecule has 296 valence electrons. The van der Waals surface area contributed by atoms with Crippen molar-refractivity contribution in [2.75, 3.05) is 19.8 Å². The Balaban J connectivity index is 4.28. The molecular weight excluding hydrogens is 645 g/mol. The molecule has 52 heavy (non-hydrogen) atoms. The van der Waals surface area contributed by atoms with Gasteiger partial charge < -0.3 is 14.2 Å². The molecule has 0 bridgehead atoms. The number of rotatable bonds is 37. The number of hydrogen-bond acceptors (Lipinski definition) is 5. The molecule has 0 rings (SSSR count). The zero-order valence-electron chi connectivity index (χ0n) is 33.8. The fourth-order valence-electron chi connectivity index (χ4n) is 5.29. The quantitative estimate of drug-likeness (QED) is 0.0363. The molecule has 0 N–H and O–H groups in total. The van der Waals surface area contributed by atoms with Crippen molar-refractivity contribution in [2.45, 2.75) is 181 Å². The molecule has 0 aliphatic heterocycles. The number of hydrogen-bond donors (Lipinski definition) is 0. The number of carbonyl (C=O) groups is 2. The molecule has 0 aliphatic rings. The van der Waals surface area contributed by atoms with E-state index in [9.17, 15) is 9.59 Å². The summed E-state index contributed by atoms with van der Waals surface area (Å²) in [4.78, 5) is 25.1. The summed E-state index contributed by atoms with van der Waals surface area (Å²) in [5.74, 6) is -0.492. The van der Waals surface area contributed by atoms with Crippen LogP contribution in [0.25, 0.3) is 0 Å². The van der Waals surface area contributed by atoms with Gasteiger partial charge in [0, 0.05) is 19.4 Å². The Hall–Kier alpha value is -2.92. The molecule has 0 saturated carbocycles. The van der Waals surface area contributed by atoms with Crippen LogP contribution >= 0.6 is 0 Å². The fraction of sp³-hybridized carbons (Fsp3) is 0.660. The molecule has 0 spiro atoms. The number of unbranched alkanes of at least 4 members (excludes halogenated alkanes) is 12. The van der Waals surface area contributed by atoms with Crippen molar-refractivity contribution in [1.82, 2.24) is 0 Å². The van der Waals surface area contributed by atoms with Gasteiger partial charge in [-0.3, -0.25) is 9.59 Å². The molecule has 0 aromatic rings. The molecule has 0 radical (unpaired) electrons. The first-order chi connectivity index (χ1) is 25.6. The summed E-state index contributed by atoms with van der Waals surface area (Å²) in [6, 6.07) is 0. The lowest BCUT2D eigenvalue weighted by Crippen LogP contribution is -2.30. The highest BCUT2D eigenvalue weighted by Crippen LogP contribution is 2.11. The van der Waals surface area contributed by atoms with Gasteiger partial charge in [-0.15, -0.1) is 0 Å². The van der Waals surface area contributed by atoms with Crippen LogP contribution in [0.5, 0.6) is 0 Å². The lowest BCUT2D eigenvalue weighted by Gasteiger charge is -2.18. The number of allylic oxidation sites excluding steroid dienone is 14. The van der Waals surface area contributed by atoms with Crippen LogP contribution in [0.1, 0.15) is 175 Å². The molecule has 5 nitrogen and oxygen atoms in total. The second kappa shape index (κ2) is 42.5. The van der Waals surface area contributed by atoms with Crippen LogP contribution in [0.2, 0.25) is 0 Å². The maximum absolute atomic E-state index is 12.6. The maximum Gasteiger partial charge on any atom is 0.306 e. The second-order valence-electron chi connectivity index (χ2n) is 13.5. The average Bonchev–Trinajstić information content (AvgIpc) is 3.14. The molecule has 0 fully saturated rings. The molecule has 0 aromatic carbocycles. The van der Waals surface area contributed by atoms with Crippen LogP contribution in [-0.2, 0) is 23.8 Å². The number of carbonyl (C=O) groups excluding carboxylic acids is 2. The van der Waals surface area contributed by atoms with Gasteiger partial charge in [0.15, 0.2) is 6.10 Å². The van der Waals surface area contributed by atoms with Crippen LogP contribution < -0.4 is 0 Å². The van der Waals surface area contributed by atoms with E-state index in [1.54, 1.807) is 0 Å². The SMILES string of the molecule is CC/C=C\C/C=C\C/C=C\C/C=C\C/C=C\CCCC(=O)OCC(COCCCCCCCC)OC(=O)CCCCCCC/C=C\C/C=C\CCC. The van der Waals surface area contributed by atoms with Crippen LogP contribution in [-0.4, -0.2) is 37.9 Å². The highest BCUT2D eigenvalue weighted by molar-refractivity contribution is 5.70. The molecule has 0 heterocycles. The normalized spacial score (nSPS) is 13.1. The van der Waals surface area contributed by atoms with Crippen molar-refractivity contribution >= 4 is 11.9 Å². The van der Waals surface area contributed by atoms with Gasteiger partial charge in [0.1, 0.15) is 6.61 Å². The highest BCUT2D eigenvalue weighted by atomic mass is 16.6. The zero-order valence-corrected chi connectivity index (χ0v) is 33.8. The predicted octanol–water partition coefficient (Wildman–Crippen LogP) is 13.8. The van der Waals surface area contributed by atoms with Gasteiger partial charge in [-0.25, -0.2) is 0 Å². The summed E-state index contributed by atoms with van der Waals surface area (Å²) in [5, 5.41) is 0. The van der Waals surface area contributed by atoms with Crippen LogP contribution in [0.3, 0.4) is 0 Å². The van der Waals surface area contributed by atoms with Gasteiger partial charge in [0.25, 0.3) is 0 Å². The fourth-order valence-corrected chi connectivity index (χ4v) is 5.29. The molecule has 5 heteroatoms. The molecular formula is C47H78O5. The van der Waals surface area contributed by atoms with Crippen molar-refractivity contribution in [3.05, 3.63) is 85.1 Å². The van der Waals surface area contributed by atoms with Gasteiger partial charge in [-0.05, 0) is 83.5 Å². The third kappa shape index (κ3) is 39.9. The van der Waals surface area contributed by atoms with E-state index in [1.807, 2.05) is 0 Å². The summed E-state index contributed by atoms with van der Waals surface area (Å²) in [6.07, 6.45) is 54.5. The topological polar surface area (TPSA) is 61.8 Å². The third-order valence-electron chi connectivity index (χ3n) is 8.40. The lowest BCUT2D eigenvalue weighted by atomic mass is 10.1. The summed E-state index contributed by atoms with van der Waals surface area (Å²) >= 11 is 0. The van der Waals surface area contributed by atoms with E-state index in [4.69, 9.17) is 14.2 Å². The van der Waals surface area contributed by atoms with E-state index in [-0.39, 0.29) is 25.2 Å². The zero-order chi connectivity index (χ0) is 37.8. The van der Waals surface area contributed by atoms with Crippen LogP contribution in [0, 0.1) is 0 Å². The first kappa shape index (κ1) is 49.1. The Morgan fingerprint density at radius 1 is 0.442 bits per heavy atom. The Morgan fingerprint density at radius 3 is 1.52 bits per heavy atom. The summed E-state index contributed by atoms with van der Waals surface area (Å²) in [5.41, 5.74) is 0. The van der Waals surface area contributed by atoms with Crippen LogP contribution in [0.4, 0.5) is 0 Å². The second-order valence-corrected chi connectivity index (χ2v) is 13.5. The molecule has 0 aromatic heterocycles. The predicted molar refractivity (Wildman–Crippen MR) is 223 cm³/mol. The number of esters is 2. The minimum Gasteiger partial charge on any atom is -0.462 e. The Bertz CT molecular complexity index is 999. The Kier molecular flexibility index (Phi) is 40.1. The van der Waals surface area contributed by atoms with E-state index in [2.05, 4.69) is 106 Å². The van der Waals surface area contributed by atoms with Gasteiger partial charge in [-0.2, -0.15) is 0 Å². The molecule has 0 amide bonds. The summed E-state index contributed by atoms with van der Waals surface area (Å²) in [6.45, 7) is 7.51. The van der Waals surface area contributed by atoms with Crippen molar-refractivity contribution in [2.24, 2.45) is 0 Å². The van der Waals surface area contributed by atoms with E-state index >= 15 is 0 Å².